The molecule has 0 unspecified atom stereocenters. The first-order chi connectivity index (χ1) is 19.9. The van der Waals surface area contributed by atoms with E-state index in [4.69, 9.17) is 27.9 Å². The molecule has 3 fully saturated rings. The van der Waals surface area contributed by atoms with Gasteiger partial charge in [0, 0.05) is 30.1 Å². The zero-order valence-corrected chi connectivity index (χ0v) is 25.3. The van der Waals surface area contributed by atoms with Crippen molar-refractivity contribution < 1.29 is 28.2 Å². The predicted octanol–water partition coefficient (Wildman–Crippen LogP) is 6.99. The highest BCUT2D eigenvalue weighted by atomic mass is 35.5. The van der Waals surface area contributed by atoms with Gasteiger partial charge in [0.05, 0.1) is 29.8 Å². The molecule has 2 aromatic rings. The van der Waals surface area contributed by atoms with Crippen LogP contribution in [0.3, 0.4) is 0 Å². The Hall–Kier alpha value is -2.13. The van der Waals surface area contributed by atoms with Gasteiger partial charge >= 0.3 is 0 Å². The number of fused-ring (bicyclic) bond motifs is 3. The Bertz CT molecular complexity index is 1420. The van der Waals surface area contributed by atoms with Crippen LogP contribution < -0.4 is 5.32 Å². The summed E-state index contributed by atoms with van der Waals surface area (Å²) >= 11 is 12.4. The maximum atomic E-state index is 16.0. The number of nitrogens with one attached hydrogen (secondary N) is 1. The Morgan fingerprint density at radius 2 is 1.90 bits per heavy atom. The maximum absolute atomic E-state index is 16.0. The van der Waals surface area contributed by atoms with Gasteiger partial charge in [0.2, 0.25) is 5.91 Å². The van der Waals surface area contributed by atoms with Crippen molar-refractivity contribution in [1.29, 1.82) is 0 Å². The van der Waals surface area contributed by atoms with E-state index >= 15 is 8.78 Å². The lowest BCUT2D eigenvalue weighted by atomic mass is 9.51. The lowest BCUT2D eigenvalue weighted by Crippen LogP contribution is -2.52. The standard InChI is InChI=1S/C32H36Cl2F2N2O4/c1-30(2)6-8-31(9-7-30)14-20(25(40)11-17-3-4-18(15-39)42-16-17)26(19-5-10-37-28(34)27(19)36)32(31)21-12-23(35)22(33)13-24(21)38-29(32)41/h5,10,12-13,17-18,20,26,39H,3-4,6-9,11,14-16H2,1-2H3,(H,38,41)/t17-,18-,20-,26-,32+/m0/s1. The average molecular weight is 622 g/mol. The number of halogens is 4. The Morgan fingerprint density at radius 1 is 1.17 bits per heavy atom. The van der Waals surface area contributed by atoms with Gasteiger partial charge in [0.15, 0.2) is 11.0 Å². The van der Waals surface area contributed by atoms with Crippen molar-refractivity contribution in [2.24, 2.45) is 22.7 Å². The molecule has 2 saturated carbocycles. The smallest absolute Gasteiger partial charge is 0.236 e. The summed E-state index contributed by atoms with van der Waals surface area (Å²) in [5, 5.41) is 12.0. The lowest BCUT2D eigenvalue weighted by molar-refractivity contribution is -0.127. The van der Waals surface area contributed by atoms with E-state index in [1.807, 2.05) is 0 Å². The highest BCUT2D eigenvalue weighted by molar-refractivity contribution is 6.31. The molecule has 2 spiro atoms. The van der Waals surface area contributed by atoms with Gasteiger partial charge in [-0.1, -0.05) is 37.0 Å². The van der Waals surface area contributed by atoms with Crippen molar-refractivity contribution in [2.45, 2.75) is 82.7 Å². The lowest BCUT2D eigenvalue weighted by Gasteiger charge is -2.51. The van der Waals surface area contributed by atoms with Gasteiger partial charge in [-0.2, -0.15) is 0 Å². The van der Waals surface area contributed by atoms with Crippen LogP contribution in [0.2, 0.25) is 10.2 Å². The minimum Gasteiger partial charge on any atom is -0.394 e. The van der Waals surface area contributed by atoms with Gasteiger partial charge in [-0.25, -0.2) is 13.8 Å². The molecular weight excluding hydrogens is 585 g/mol. The van der Waals surface area contributed by atoms with Crippen LogP contribution in [0.15, 0.2) is 24.4 Å². The molecule has 1 saturated heterocycles. The molecular formula is C32H36Cl2F2N2O4. The van der Waals surface area contributed by atoms with Crippen LogP contribution in [0.5, 0.6) is 0 Å². The SMILES string of the molecule is CC1(C)CCC2(CC1)C[C@@H](C(=O)C[C@@H]1CC[C@@H](CO)OC1)[C@H](c1ccnc(Cl)c1F)[C@]21C(=O)Nc2cc(Cl)c(F)cc21. The van der Waals surface area contributed by atoms with Crippen molar-refractivity contribution in [3.63, 3.8) is 0 Å². The molecule has 0 bridgehead atoms. The fourth-order valence-corrected chi connectivity index (χ4v) is 8.84. The summed E-state index contributed by atoms with van der Waals surface area (Å²) in [6.45, 7) is 4.66. The summed E-state index contributed by atoms with van der Waals surface area (Å²) in [5.74, 6) is -3.56. The van der Waals surface area contributed by atoms with E-state index in [2.05, 4.69) is 24.1 Å². The first kappa shape index (κ1) is 29.9. The number of hydrogen-bond acceptors (Lipinski definition) is 5. The van der Waals surface area contributed by atoms with Crippen LogP contribution in [0.25, 0.3) is 0 Å². The second-order valence-corrected chi connectivity index (χ2v) is 14.3. The molecule has 1 aromatic carbocycles. The number of aliphatic hydroxyl groups is 1. The first-order valence-corrected chi connectivity index (χ1v) is 15.5. The first-order valence-electron chi connectivity index (χ1n) is 14.8. The Morgan fingerprint density at radius 3 is 2.57 bits per heavy atom. The number of nitrogens with zero attached hydrogens (tertiary/aromatic N) is 1. The monoisotopic (exact) mass is 620 g/mol. The van der Waals surface area contributed by atoms with E-state index < -0.39 is 34.3 Å². The van der Waals surface area contributed by atoms with Gasteiger partial charge in [-0.05, 0) is 91.0 Å². The van der Waals surface area contributed by atoms with Gasteiger partial charge < -0.3 is 15.2 Å². The molecule has 2 aliphatic heterocycles. The van der Waals surface area contributed by atoms with E-state index in [1.165, 1.54) is 24.4 Å². The topological polar surface area (TPSA) is 88.5 Å². The minimum atomic E-state index is -1.42. The Labute approximate surface area is 254 Å². The predicted molar refractivity (Wildman–Crippen MR) is 156 cm³/mol. The molecule has 226 valence electrons. The van der Waals surface area contributed by atoms with E-state index in [1.54, 1.807) is 0 Å². The van der Waals surface area contributed by atoms with E-state index in [9.17, 15) is 14.7 Å². The van der Waals surface area contributed by atoms with Crippen LogP contribution in [-0.2, 0) is 19.7 Å². The summed E-state index contributed by atoms with van der Waals surface area (Å²) in [5.41, 5.74) is -1.15. The number of amides is 1. The van der Waals surface area contributed by atoms with Crippen LogP contribution >= 0.6 is 23.2 Å². The fraction of sp³-hybridized carbons (Fsp3) is 0.594. The molecule has 2 N–H and O–H groups in total. The highest BCUT2D eigenvalue weighted by Gasteiger charge is 2.72. The highest BCUT2D eigenvalue weighted by Crippen LogP contribution is 2.72. The van der Waals surface area contributed by atoms with Gasteiger partial charge in [-0.15, -0.1) is 0 Å². The largest absolute Gasteiger partial charge is 0.394 e. The molecule has 3 heterocycles. The fourth-order valence-electron chi connectivity index (χ4n) is 8.51. The second-order valence-electron chi connectivity index (χ2n) is 13.6. The number of carbonyl (C=O) groups is 2. The Kier molecular flexibility index (Phi) is 7.69. The minimum absolute atomic E-state index is 0.0289. The number of Topliss-reactive ketones (excluding diaryl/α,β-unsaturated/α-hetero) is 1. The number of anilines is 1. The quantitative estimate of drug-likeness (QED) is 0.352. The van der Waals surface area contributed by atoms with E-state index in [0.717, 1.165) is 19.3 Å². The normalized spacial score (nSPS) is 31.4. The number of ketones is 1. The molecule has 1 aromatic heterocycles. The molecule has 5 atom stereocenters. The van der Waals surface area contributed by atoms with Crippen LogP contribution in [0.1, 0.15) is 82.3 Å². The van der Waals surface area contributed by atoms with Crippen molar-refractivity contribution >= 4 is 40.6 Å². The second kappa shape index (κ2) is 10.8. The third-order valence-electron chi connectivity index (χ3n) is 10.8. The summed E-state index contributed by atoms with van der Waals surface area (Å²) in [4.78, 5) is 32.8. The summed E-state index contributed by atoms with van der Waals surface area (Å²) < 4.78 is 37.0. The number of aromatic nitrogens is 1. The average Bonchev–Trinajstić information content (AvgIpc) is 3.41. The number of pyridine rings is 1. The van der Waals surface area contributed by atoms with Gasteiger partial charge in [-0.3, -0.25) is 9.59 Å². The van der Waals surface area contributed by atoms with Crippen LogP contribution in [-0.4, -0.2) is 41.1 Å². The van der Waals surface area contributed by atoms with Gasteiger partial charge in [0.1, 0.15) is 11.6 Å². The molecule has 0 radical (unpaired) electrons. The van der Waals surface area contributed by atoms with E-state index in [0.29, 0.717) is 43.5 Å². The molecule has 6 nitrogen and oxygen atoms in total. The van der Waals surface area contributed by atoms with Crippen LogP contribution in [0, 0.1) is 34.3 Å². The molecule has 1 amide bonds. The molecule has 42 heavy (non-hydrogen) atoms. The number of ether oxygens (including phenoxy) is 1. The van der Waals surface area contributed by atoms with Crippen molar-refractivity contribution in [2.75, 3.05) is 18.5 Å². The van der Waals surface area contributed by atoms with Crippen molar-refractivity contribution in [1.82, 2.24) is 4.98 Å². The number of carbonyl (C=O) groups excluding carboxylic acids is 2. The molecule has 6 rings (SSSR count). The Balaban J connectivity index is 1.53. The summed E-state index contributed by atoms with van der Waals surface area (Å²) in [6, 6.07) is 4.23. The van der Waals surface area contributed by atoms with Gasteiger partial charge in [0.25, 0.3) is 0 Å². The number of hydrogen-bond donors (Lipinski definition) is 2. The maximum Gasteiger partial charge on any atom is 0.236 e. The zero-order valence-electron chi connectivity index (χ0n) is 23.8. The van der Waals surface area contributed by atoms with E-state index in [-0.39, 0.29) is 57.9 Å². The number of aliphatic hydroxyl groups excluding tert-OH is 1. The van der Waals surface area contributed by atoms with Crippen molar-refractivity contribution in [3.8, 4) is 0 Å². The third-order valence-corrected chi connectivity index (χ3v) is 11.3. The summed E-state index contributed by atoms with van der Waals surface area (Å²) in [6.07, 6.45) is 5.98. The summed E-state index contributed by atoms with van der Waals surface area (Å²) in [7, 11) is 0. The zero-order chi connectivity index (χ0) is 30.0. The van der Waals surface area contributed by atoms with Crippen molar-refractivity contribution in [3.05, 3.63) is 57.3 Å². The number of benzene rings is 1. The van der Waals surface area contributed by atoms with Crippen LogP contribution in [0.4, 0.5) is 14.5 Å². The molecule has 10 heteroatoms. The number of rotatable bonds is 5. The third kappa shape index (κ3) is 4.59. The molecule has 4 aliphatic rings. The molecule has 2 aliphatic carbocycles.